The Morgan fingerprint density at radius 2 is 2.22 bits per heavy atom. The maximum Gasteiger partial charge on any atom is 0.122 e. The van der Waals surface area contributed by atoms with Crippen LogP contribution in [0.15, 0.2) is 45.3 Å². The van der Waals surface area contributed by atoms with Crippen LogP contribution in [0.1, 0.15) is 17.4 Å². The van der Waals surface area contributed by atoms with Crippen molar-refractivity contribution in [3.05, 3.63) is 50.6 Å². The smallest absolute Gasteiger partial charge is 0.122 e. The fourth-order valence-corrected chi connectivity index (χ4v) is 2.85. The molecule has 0 aliphatic carbocycles. The normalized spacial score (nSPS) is 11.6. The third kappa shape index (κ3) is 3.34. The lowest BCUT2D eigenvalue weighted by Gasteiger charge is -2.06. The molecule has 1 heterocycles. The molecule has 0 bridgehead atoms. The van der Waals surface area contributed by atoms with Crippen LogP contribution in [0.4, 0.5) is 0 Å². The van der Waals surface area contributed by atoms with Crippen molar-refractivity contribution >= 4 is 33.0 Å². The van der Waals surface area contributed by atoms with Gasteiger partial charge in [-0.15, -0.1) is 11.3 Å². The number of hydrogen-bond acceptors (Lipinski definition) is 4. The molecule has 0 saturated heterocycles. The quantitative estimate of drug-likeness (QED) is 0.517. The van der Waals surface area contributed by atoms with Crippen LogP contribution in [0, 0.1) is 0 Å². The average Bonchev–Trinajstić information content (AvgIpc) is 2.81. The SMILES string of the molecule is C/C(=N\O)c1cccc(OCc2ccc(Br)s2)c1. The first-order chi connectivity index (χ1) is 8.69. The molecule has 0 spiro atoms. The van der Waals surface area contributed by atoms with Crippen molar-refractivity contribution in [2.45, 2.75) is 13.5 Å². The summed E-state index contributed by atoms with van der Waals surface area (Å²) in [6, 6.07) is 11.5. The zero-order valence-electron chi connectivity index (χ0n) is 9.76. The van der Waals surface area contributed by atoms with E-state index in [1.165, 1.54) is 0 Å². The van der Waals surface area contributed by atoms with Gasteiger partial charge in [-0.2, -0.15) is 0 Å². The summed E-state index contributed by atoms with van der Waals surface area (Å²) >= 11 is 5.07. The Morgan fingerprint density at radius 1 is 1.39 bits per heavy atom. The van der Waals surface area contributed by atoms with Gasteiger partial charge in [-0.25, -0.2) is 0 Å². The van der Waals surface area contributed by atoms with Gasteiger partial charge in [-0.1, -0.05) is 17.3 Å². The van der Waals surface area contributed by atoms with Gasteiger partial charge in [0.15, 0.2) is 0 Å². The van der Waals surface area contributed by atoms with Gasteiger partial charge in [-0.3, -0.25) is 0 Å². The molecule has 0 aliphatic heterocycles. The molecule has 18 heavy (non-hydrogen) atoms. The summed E-state index contributed by atoms with van der Waals surface area (Å²) in [5.41, 5.74) is 1.42. The van der Waals surface area contributed by atoms with Crippen LogP contribution >= 0.6 is 27.3 Å². The van der Waals surface area contributed by atoms with E-state index in [1.807, 2.05) is 36.4 Å². The standard InChI is InChI=1S/C13H12BrNO2S/c1-9(15-16)10-3-2-4-11(7-10)17-8-12-5-6-13(14)18-12/h2-7,16H,8H2,1H3/b15-9+. The van der Waals surface area contributed by atoms with E-state index in [0.717, 1.165) is 20.0 Å². The lowest BCUT2D eigenvalue weighted by Crippen LogP contribution is -1.97. The van der Waals surface area contributed by atoms with Crippen LogP contribution in [-0.4, -0.2) is 10.9 Å². The van der Waals surface area contributed by atoms with Crippen molar-refractivity contribution in [1.29, 1.82) is 0 Å². The van der Waals surface area contributed by atoms with E-state index in [1.54, 1.807) is 18.3 Å². The number of rotatable bonds is 4. The zero-order chi connectivity index (χ0) is 13.0. The highest BCUT2D eigenvalue weighted by molar-refractivity contribution is 9.11. The second kappa shape index (κ2) is 6.02. The number of benzene rings is 1. The van der Waals surface area contributed by atoms with Crippen LogP contribution < -0.4 is 4.74 Å². The fraction of sp³-hybridized carbons (Fsp3) is 0.154. The van der Waals surface area contributed by atoms with Gasteiger partial charge in [0, 0.05) is 10.4 Å². The van der Waals surface area contributed by atoms with Gasteiger partial charge in [-0.05, 0) is 47.1 Å². The molecule has 0 radical (unpaired) electrons. The van der Waals surface area contributed by atoms with Crippen LogP contribution in [-0.2, 0) is 6.61 Å². The second-order valence-corrected chi connectivity index (χ2v) is 6.26. The molecular weight excluding hydrogens is 314 g/mol. The minimum absolute atomic E-state index is 0.537. The molecule has 3 nitrogen and oxygen atoms in total. The Bertz CT molecular complexity index is 566. The van der Waals surface area contributed by atoms with E-state index in [4.69, 9.17) is 9.94 Å². The fourth-order valence-electron chi connectivity index (χ4n) is 1.45. The Morgan fingerprint density at radius 3 is 2.89 bits per heavy atom. The average molecular weight is 326 g/mol. The third-order valence-corrected chi connectivity index (χ3v) is 4.01. The van der Waals surface area contributed by atoms with Crippen molar-refractivity contribution in [2.75, 3.05) is 0 Å². The minimum atomic E-state index is 0.537. The van der Waals surface area contributed by atoms with Crippen molar-refractivity contribution in [3.8, 4) is 5.75 Å². The van der Waals surface area contributed by atoms with Gasteiger partial charge in [0.25, 0.3) is 0 Å². The van der Waals surface area contributed by atoms with Crippen molar-refractivity contribution < 1.29 is 9.94 Å². The van der Waals surface area contributed by atoms with Gasteiger partial charge >= 0.3 is 0 Å². The summed E-state index contributed by atoms with van der Waals surface area (Å²) in [5.74, 6) is 0.764. The van der Waals surface area contributed by atoms with E-state index in [0.29, 0.717) is 12.3 Å². The molecular formula is C13H12BrNO2S. The highest BCUT2D eigenvalue weighted by Crippen LogP contribution is 2.23. The van der Waals surface area contributed by atoms with Gasteiger partial charge in [0.05, 0.1) is 9.50 Å². The second-order valence-electron chi connectivity index (χ2n) is 3.71. The number of ether oxygens (including phenoxy) is 1. The molecule has 1 N–H and O–H groups in total. The van der Waals surface area contributed by atoms with Crippen LogP contribution in [0.25, 0.3) is 0 Å². The third-order valence-electron chi connectivity index (χ3n) is 2.41. The predicted molar refractivity (Wildman–Crippen MR) is 76.8 cm³/mol. The molecule has 0 fully saturated rings. The van der Waals surface area contributed by atoms with E-state index in [-0.39, 0.29) is 0 Å². The summed E-state index contributed by atoms with van der Waals surface area (Å²) in [7, 11) is 0. The maximum absolute atomic E-state index is 8.73. The Hall–Kier alpha value is -1.33. The van der Waals surface area contributed by atoms with Gasteiger partial charge in [0.2, 0.25) is 0 Å². The molecule has 0 unspecified atom stereocenters. The first kappa shape index (κ1) is 13.1. The largest absolute Gasteiger partial charge is 0.488 e. The monoisotopic (exact) mass is 325 g/mol. The van der Waals surface area contributed by atoms with E-state index >= 15 is 0 Å². The molecule has 94 valence electrons. The number of halogens is 1. The lowest BCUT2D eigenvalue weighted by atomic mass is 10.1. The predicted octanol–water partition coefficient (Wildman–Crippen LogP) is 4.29. The van der Waals surface area contributed by atoms with Crippen LogP contribution in [0.2, 0.25) is 0 Å². The Balaban J connectivity index is 2.05. The maximum atomic E-state index is 8.73. The molecule has 0 amide bonds. The lowest BCUT2D eigenvalue weighted by molar-refractivity contribution is 0.309. The van der Waals surface area contributed by atoms with E-state index in [9.17, 15) is 0 Å². The molecule has 0 saturated carbocycles. The number of oxime groups is 1. The summed E-state index contributed by atoms with van der Waals surface area (Å²) in [6.45, 7) is 2.28. The van der Waals surface area contributed by atoms with Crippen molar-refractivity contribution in [1.82, 2.24) is 0 Å². The number of hydrogen-bond donors (Lipinski definition) is 1. The topological polar surface area (TPSA) is 41.8 Å². The van der Waals surface area contributed by atoms with Gasteiger partial charge in [0.1, 0.15) is 12.4 Å². The summed E-state index contributed by atoms with van der Waals surface area (Å²) in [5, 5.41) is 11.9. The Kier molecular flexibility index (Phi) is 4.38. The molecule has 2 rings (SSSR count). The molecule has 1 aromatic heterocycles. The van der Waals surface area contributed by atoms with Crippen LogP contribution in [0.3, 0.4) is 0 Å². The number of nitrogens with zero attached hydrogens (tertiary/aromatic N) is 1. The molecule has 1 aromatic carbocycles. The Labute approximate surface area is 118 Å². The van der Waals surface area contributed by atoms with Crippen molar-refractivity contribution in [2.24, 2.45) is 5.16 Å². The first-order valence-corrected chi connectivity index (χ1v) is 6.96. The summed E-state index contributed by atoms with van der Waals surface area (Å²) in [6.07, 6.45) is 0. The minimum Gasteiger partial charge on any atom is -0.488 e. The highest BCUT2D eigenvalue weighted by atomic mass is 79.9. The van der Waals surface area contributed by atoms with Crippen LogP contribution in [0.5, 0.6) is 5.75 Å². The zero-order valence-corrected chi connectivity index (χ0v) is 12.2. The molecule has 5 heteroatoms. The van der Waals surface area contributed by atoms with Gasteiger partial charge < -0.3 is 9.94 Å². The summed E-state index contributed by atoms with van der Waals surface area (Å²) in [4.78, 5) is 1.15. The van der Waals surface area contributed by atoms with E-state index in [2.05, 4.69) is 21.1 Å². The summed E-state index contributed by atoms with van der Waals surface area (Å²) < 4.78 is 6.79. The first-order valence-electron chi connectivity index (χ1n) is 5.35. The highest BCUT2D eigenvalue weighted by Gasteiger charge is 2.02. The van der Waals surface area contributed by atoms with Crippen molar-refractivity contribution in [3.63, 3.8) is 0 Å². The molecule has 0 aliphatic rings. The molecule has 2 aromatic rings. The number of thiophene rings is 1. The molecule has 0 atom stereocenters. The van der Waals surface area contributed by atoms with E-state index < -0.39 is 0 Å².